The Morgan fingerprint density at radius 1 is 2.00 bits per heavy atom. The second-order valence-electron chi connectivity index (χ2n) is 0.735. The Morgan fingerprint density at radius 2 is 2.00 bits per heavy atom. The summed E-state index contributed by atoms with van der Waals surface area (Å²) in [4.78, 5) is 0. The van der Waals surface area contributed by atoms with E-state index in [4.69, 9.17) is 0 Å². The predicted octanol–water partition coefficient (Wildman–Crippen LogP) is 0.688. The summed E-state index contributed by atoms with van der Waals surface area (Å²) in [7, 11) is 0. The normalized spacial score (nSPS) is 6.50. The number of allylic oxidation sites excluding steroid dienone is 1. The molecule has 0 aromatic carbocycles. The molecule has 0 aliphatic carbocycles. The molecule has 22 valence electrons. The zero-order valence-corrected chi connectivity index (χ0v) is 4.53. The quantitative estimate of drug-likeness (QED) is 0.408. The topological polar surface area (TPSA) is 0 Å². The zero-order chi connectivity index (χ0) is 3.58. The Morgan fingerprint density at radius 3 is 2.00 bits per heavy atom. The first-order chi connectivity index (χ1) is 1.73. The van der Waals surface area contributed by atoms with Crippen molar-refractivity contribution >= 4 is 16.9 Å². The van der Waals surface area contributed by atoms with Gasteiger partial charge in [0.15, 0.2) is 0 Å². The number of hydrogen-bond acceptors (Lipinski definition) is 0. The Hall–Kier alpha value is 0.298. The van der Waals surface area contributed by atoms with Crippen LogP contribution in [0.4, 0.5) is 0 Å². The van der Waals surface area contributed by atoms with Crippen LogP contribution in [-0.4, -0.2) is 16.9 Å². The Labute approximate surface area is 35.4 Å². The van der Waals surface area contributed by atoms with E-state index in [1.165, 1.54) is 0 Å². The molecule has 0 unspecified atom stereocenters. The molecule has 0 aromatic heterocycles. The van der Waals surface area contributed by atoms with Crippen LogP contribution in [-0.2, 0) is 0 Å². The van der Waals surface area contributed by atoms with Gasteiger partial charge < -0.3 is 0 Å². The van der Waals surface area contributed by atoms with Crippen LogP contribution in [0.25, 0.3) is 0 Å². The van der Waals surface area contributed by atoms with Crippen molar-refractivity contribution in [2.45, 2.75) is 6.92 Å². The van der Waals surface area contributed by atoms with Crippen LogP contribution in [0.5, 0.6) is 0 Å². The van der Waals surface area contributed by atoms with E-state index in [1.807, 2.05) is 6.92 Å². The number of rotatable bonds is 0. The van der Waals surface area contributed by atoms with Gasteiger partial charge in [0.05, 0.1) is 0 Å². The fourth-order valence-electron chi connectivity index (χ4n) is 0. The van der Waals surface area contributed by atoms with E-state index >= 15 is 0 Å². The number of hydrogen-bond donors (Lipinski definition) is 0. The molecule has 0 N–H and O–H groups in total. The van der Waals surface area contributed by atoms with Crippen molar-refractivity contribution in [2.75, 3.05) is 0 Å². The third-order valence-electron chi connectivity index (χ3n) is 0. The zero-order valence-electron chi connectivity index (χ0n) is 2.65. The van der Waals surface area contributed by atoms with Gasteiger partial charge in [0.25, 0.3) is 0 Å². The summed E-state index contributed by atoms with van der Waals surface area (Å²) in [5.74, 6) is 0. The standard InChI is InChI=1S/C3H5As/c1-3(2)4/h1H2,2H3. The first kappa shape index (κ1) is 4.30. The van der Waals surface area contributed by atoms with Gasteiger partial charge in [-0.05, 0) is 0 Å². The van der Waals surface area contributed by atoms with Crippen LogP contribution >= 0.6 is 0 Å². The van der Waals surface area contributed by atoms with Crippen LogP contribution < -0.4 is 0 Å². The van der Waals surface area contributed by atoms with Crippen LogP contribution in [0, 0.1) is 0 Å². The van der Waals surface area contributed by atoms with E-state index in [2.05, 4.69) is 23.4 Å². The minimum absolute atomic E-state index is 1.10. The fraction of sp³-hybridized carbons (Fsp3) is 0.333. The van der Waals surface area contributed by atoms with Gasteiger partial charge in [0, 0.05) is 0 Å². The molecule has 0 spiro atoms. The molecule has 2 radical (unpaired) electrons. The van der Waals surface area contributed by atoms with Crippen LogP contribution in [0.2, 0.25) is 0 Å². The molecule has 0 saturated carbocycles. The van der Waals surface area contributed by atoms with Crippen molar-refractivity contribution in [3.63, 3.8) is 0 Å². The molecule has 0 bridgehead atoms. The van der Waals surface area contributed by atoms with Crippen molar-refractivity contribution in [3.8, 4) is 0 Å². The van der Waals surface area contributed by atoms with Crippen LogP contribution in [0.3, 0.4) is 0 Å². The van der Waals surface area contributed by atoms with Gasteiger partial charge in [-0.1, -0.05) is 0 Å². The van der Waals surface area contributed by atoms with Crippen molar-refractivity contribution in [2.24, 2.45) is 0 Å². The maximum atomic E-state index is 3.53. The molecule has 0 amide bonds. The van der Waals surface area contributed by atoms with Gasteiger partial charge in [-0.2, -0.15) is 0 Å². The van der Waals surface area contributed by atoms with E-state index in [1.54, 1.807) is 0 Å². The second-order valence-corrected chi connectivity index (χ2v) is 2.34. The molecule has 0 atom stereocenters. The van der Waals surface area contributed by atoms with Gasteiger partial charge in [-0.3, -0.25) is 0 Å². The van der Waals surface area contributed by atoms with E-state index < -0.39 is 0 Å². The van der Waals surface area contributed by atoms with Gasteiger partial charge >= 0.3 is 34.7 Å². The van der Waals surface area contributed by atoms with Gasteiger partial charge in [0.1, 0.15) is 0 Å². The van der Waals surface area contributed by atoms with Gasteiger partial charge in [0.2, 0.25) is 0 Å². The van der Waals surface area contributed by atoms with Gasteiger partial charge in [-0.25, -0.2) is 0 Å². The van der Waals surface area contributed by atoms with Crippen molar-refractivity contribution < 1.29 is 0 Å². The molecule has 0 nitrogen and oxygen atoms in total. The Kier molecular flexibility index (Phi) is 1.72. The molecule has 0 aliphatic heterocycles. The van der Waals surface area contributed by atoms with E-state index in [9.17, 15) is 0 Å². The molecule has 0 rings (SSSR count). The van der Waals surface area contributed by atoms with Crippen molar-refractivity contribution in [3.05, 3.63) is 10.9 Å². The molecule has 0 saturated heterocycles. The first-order valence-electron chi connectivity index (χ1n) is 1.08. The summed E-state index contributed by atoms with van der Waals surface area (Å²) in [5.41, 5.74) is 0. The molecule has 0 heterocycles. The third-order valence-corrected chi connectivity index (χ3v) is 0. The molecule has 4 heavy (non-hydrogen) atoms. The summed E-state index contributed by atoms with van der Waals surface area (Å²) in [6.45, 7) is 5.47. The fourth-order valence-corrected chi connectivity index (χ4v) is 0. The average Bonchev–Trinajstić information content (AvgIpc) is 0.811. The van der Waals surface area contributed by atoms with Crippen molar-refractivity contribution in [1.29, 1.82) is 0 Å². The molecular weight excluding hydrogens is 111 g/mol. The second kappa shape index (κ2) is 1.60. The summed E-state index contributed by atoms with van der Waals surface area (Å²) < 4.78 is 1.10. The van der Waals surface area contributed by atoms with Crippen molar-refractivity contribution in [1.82, 2.24) is 0 Å². The van der Waals surface area contributed by atoms with E-state index in [-0.39, 0.29) is 0 Å². The summed E-state index contributed by atoms with van der Waals surface area (Å²) in [6.07, 6.45) is 0. The van der Waals surface area contributed by atoms with Crippen LogP contribution in [0.1, 0.15) is 6.92 Å². The molecule has 0 aromatic rings. The summed E-state index contributed by atoms with van der Waals surface area (Å²) >= 11 is 2.34. The molecule has 1 heteroatoms. The molecular formula is C3H5As. The minimum atomic E-state index is 1.10. The average molecular weight is 116 g/mol. The predicted molar refractivity (Wildman–Crippen MR) is 20.6 cm³/mol. The van der Waals surface area contributed by atoms with E-state index in [0.29, 0.717) is 0 Å². The SMILES string of the molecule is C=C(C)[As]. The summed E-state index contributed by atoms with van der Waals surface area (Å²) in [5, 5.41) is 0. The molecule has 0 aliphatic rings. The first-order valence-corrected chi connectivity index (χ1v) is 2.02. The van der Waals surface area contributed by atoms with Gasteiger partial charge in [-0.15, -0.1) is 0 Å². The Bertz CT molecular complexity index is 26.3. The monoisotopic (exact) mass is 116 g/mol. The Balaban J connectivity index is 2.80. The third kappa shape index (κ3) is 43.5. The summed E-state index contributed by atoms with van der Waals surface area (Å²) in [6, 6.07) is 0. The molecule has 0 fully saturated rings. The maximum absolute atomic E-state index is 3.53. The van der Waals surface area contributed by atoms with E-state index in [0.717, 1.165) is 4.36 Å². The van der Waals surface area contributed by atoms with Crippen LogP contribution in [0.15, 0.2) is 10.9 Å².